The number of halogens is 1. The molecule has 160 valence electrons. The van der Waals surface area contributed by atoms with Crippen LogP contribution in [0.2, 0.25) is 0 Å². The van der Waals surface area contributed by atoms with Gasteiger partial charge in [-0.15, -0.1) is 0 Å². The van der Waals surface area contributed by atoms with Crippen molar-refractivity contribution in [2.24, 2.45) is 0 Å². The van der Waals surface area contributed by atoms with Crippen LogP contribution in [-0.4, -0.2) is 32.5 Å². The van der Waals surface area contributed by atoms with Crippen LogP contribution in [0.25, 0.3) is 0 Å². The van der Waals surface area contributed by atoms with Gasteiger partial charge in [-0.1, -0.05) is 48.0 Å². The topological polar surface area (TPSA) is 83.6 Å². The predicted molar refractivity (Wildman–Crippen MR) is 122 cm³/mol. The van der Waals surface area contributed by atoms with Crippen molar-refractivity contribution in [3.8, 4) is 0 Å². The summed E-state index contributed by atoms with van der Waals surface area (Å²) < 4.78 is 26.9. The first-order chi connectivity index (χ1) is 14.3. The van der Waals surface area contributed by atoms with E-state index in [-0.39, 0.29) is 28.9 Å². The first kappa shape index (κ1) is 22.5. The van der Waals surface area contributed by atoms with Crippen molar-refractivity contribution in [1.82, 2.24) is 0 Å². The maximum Gasteiger partial charge on any atom is 0.226 e. The van der Waals surface area contributed by atoms with E-state index in [2.05, 4.69) is 21.2 Å². The van der Waals surface area contributed by atoms with Crippen LogP contribution in [-0.2, 0) is 32.3 Å². The average Bonchev–Trinajstić information content (AvgIpc) is 3.15. The standard InChI is InChI=1S/C22H25BrN2O4S/c1-3-15-7-5-6-8-18(15)24-20(26)10-12-30(28,29)19-14-17(23)13-16-9-11-25(22(16)19)21(27)4-2/h5-8,13-14H,3-4,9-12H2,1-2H3,(H,24,26). The normalized spacial score (nSPS) is 13.2. The minimum absolute atomic E-state index is 0.105. The summed E-state index contributed by atoms with van der Waals surface area (Å²) in [5.74, 6) is -0.793. The molecule has 30 heavy (non-hydrogen) atoms. The highest BCUT2D eigenvalue weighted by molar-refractivity contribution is 9.10. The molecule has 1 N–H and O–H groups in total. The maximum absolute atomic E-state index is 13.1. The molecule has 0 radical (unpaired) electrons. The molecule has 0 saturated carbocycles. The van der Waals surface area contributed by atoms with Crippen LogP contribution in [0.1, 0.15) is 37.8 Å². The highest BCUT2D eigenvalue weighted by Gasteiger charge is 2.32. The fraction of sp³-hybridized carbons (Fsp3) is 0.364. The molecule has 0 spiro atoms. The molecule has 6 nitrogen and oxygen atoms in total. The number of aryl methyl sites for hydroxylation is 1. The van der Waals surface area contributed by atoms with Crippen molar-refractivity contribution in [3.05, 3.63) is 52.0 Å². The lowest BCUT2D eigenvalue weighted by Gasteiger charge is -2.20. The zero-order chi connectivity index (χ0) is 21.9. The van der Waals surface area contributed by atoms with Gasteiger partial charge in [0, 0.05) is 29.5 Å². The lowest BCUT2D eigenvalue weighted by Crippen LogP contribution is -2.29. The van der Waals surface area contributed by atoms with Crippen molar-refractivity contribution < 1.29 is 18.0 Å². The van der Waals surface area contributed by atoms with Crippen molar-refractivity contribution in [3.63, 3.8) is 0 Å². The van der Waals surface area contributed by atoms with Gasteiger partial charge in [0.1, 0.15) is 0 Å². The Morgan fingerprint density at radius 2 is 1.90 bits per heavy atom. The summed E-state index contributed by atoms with van der Waals surface area (Å²) >= 11 is 3.38. The van der Waals surface area contributed by atoms with Gasteiger partial charge in [-0.05, 0) is 42.2 Å². The SMILES string of the molecule is CCC(=O)N1CCc2cc(Br)cc(S(=O)(=O)CCC(=O)Nc3ccccc3CC)c21. The third kappa shape index (κ3) is 4.75. The van der Waals surface area contributed by atoms with E-state index in [9.17, 15) is 18.0 Å². The zero-order valence-electron chi connectivity index (χ0n) is 17.1. The van der Waals surface area contributed by atoms with Crippen molar-refractivity contribution in [2.75, 3.05) is 22.5 Å². The molecule has 3 rings (SSSR count). The van der Waals surface area contributed by atoms with E-state index in [0.29, 0.717) is 35.2 Å². The summed E-state index contributed by atoms with van der Waals surface area (Å²) in [6.07, 6.45) is 1.51. The van der Waals surface area contributed by atoms with Crippen molar-refractivity contribution >= 4 is 49.0 Å². The van der Waals surface area contributed by atoms with E-state index in [1.807, 2.05) is 31.2 Å². The molecule has 2 aromatic rings. The quantitative estimate of drug-likeness (QED) is 0.629. The van der Waals surface area contributed by atoms with Gasteiger partial charge in [0.15, 0.2) is 9.84 Å². The van der Waals surface area contributed by atoms with E-state index in [1.54, 1.807) is 17.9 Å². The van der Waals surface area contributed by atoms with E-state index in [4.69, 9.17) is 0 Å². The highest BCUT2D eigenvalue weighted by Crippen LogP contribution is 2.38. The van der Waals surface area contributed by atoms with Gasteiger partial charge in [0.2, 0.25) is 11.8 Å². The Morgan fingerprint density at radius 1 is 1.17 bits per heavy atom. The largest absolute Gasteiger partial charge is 0.326 e. The Bertz CT molecular complexity index is 1080. The number of rotatable bonds is 7. The fourth-order valence-electron chi connectivity index (χ4n) is 3.65. The molecule has 1 heterocycles. The number of carbonyl (C=O) groups is 2. The molecule has 2 amide bonds. The number of sulfone groups is 1. The zero-order valence-corrected chi connectivity index (χ0v) is 19.5. The fourth-order valence-corrected chi connectivity index (χ4v) is 5.82. The third-order valence-corrected chi connectivity index (χ3v) is 7.38. The second-order valence-corrected chi connectivity index (χ2v) is 10.2. The van der Waals surface area contributed by atoms with Crippen molar-refractivity contribution in [2.45, 2.75) is 44.4 Å². The number of amides is 2. The molecule has 1 aliphatic rings. The molecular weight excluding hydrogens is 468 g/mol. The number of hydrogen-bond donors (Lipinski definition) is 1. The van der Waals surface area contributed by atoms with E-state index in [1.165, 1.54) is 6.07 Å². The number of anilines is 2. The first-order valence-electron chi connectivity index (χ1n) is 10.00. The van der Waals surface area contributed by atoms with Gasteiger partial charge in [0.25, 0.3) is 0 Å². The monoisotopic (exact) mass is 492 g/mol. The van der Waals surface area contributed by atoms with Crippen LogP contribution < -0.4 is 10.2 Å². The maximum atomic E-state index is 13.1. The van der Waals surface area contributed by atoms with Gasteiger partial charge in [-0.2, -0.15) is 0 Å². The van der Waals surface area contributed by atoms with Gasteiger partial charge in [0.05, 0.1) is 16.3 Å². The highest BCUT2D eigenvalue weighted by atomic mass is 79.9. The molecule has 0 aromatic heterocycles. The third-order valence-electron chi connectivity index (χ3n) is 5.20. The Labute approximate surface area is 185 Å². The summed E-state index contributed by atoms with van der Waals surface area (Å²) in [7, 11) is -3.77. The molecule has 0 unspecified atom stereocenters. The number of nitrogens with zero attached hydrogens (tertiary/aromatic N) is 1. The molecule has 0 atom stereocenters. The molecule has 8 heteroatoms. The van der Waals surface area contributed by atoms with Crippen molar-refractivity contribution in [1.29, 1.82) is 0 Å². The number of carbonyl (C=O) groups excluding carboxylic acids is 2. The number of nitrogens with one attached hydrogen (secondary N) is 1. The Kier molecular flexibility index (Phi) is 6.98. The summed E-state index contributed by atoms with van der Waals surface area (Å²) in [4.78, 5) is 26.4. The molecule has 0 fully saturated rings. The summed E-state index contributed by atoms with van der Waals surface area (Å²) in [5, 5.41) is 2.81. The van der Waals surface area contributed by atoms with E-state index < -0.39 is 9.84 Å². The summed E-state index contributed by atoms with van der Waals surface area (Å²) in [6, 6.07) is 10.8. The lowest BCUT2D eigenvalue weighted by molar-refractivity contribution is -0.118. The van der Waals surface area contributed by atoms with Crippen LogP contribution >= 0.6 is 15.9 Å². The Hall–Kier alpha value is -2.19. The molecule has 1 aliphatic heterocycles. The van der Waals surface area contributed by atoms with Crippen LogP contribution in [0.3, 0.4) is 0 Å². The summed E-state index contributed by atoms with van der Waals surface area (Å²) in [5.41, 5.74) is 2.98. The molecule has 2 aromatic carbocycles. The van der Waals surface area contributed by atoms with Crippen LogP contribution in [0.5, 0.6) is 0 Å². The Balaban J connectivity index is 1.81. The van der Waals surface area contributed by atoms with Gasteiger partial charge in [-0.25, -0.2) is 8.42 Å². The second-order valence-electron chi connectivity index (χ2n) is 7.19. The number of benzene rings is 2. The van der Waals surface area contributed by atoms with Crippen LogP contribution in [0, 0.1) is 0 Å². The van der Waals surface area contributed by atoms with Crippen LogP contribution in [0.15, 0.2) is 45.8 Å². The van der Waals surface area contributed by atoms with E-state index in [0.717, 1.165) is 17.5 Å². The minimum Gasteiger partial charge on any atom is -0.326 e. The molecular formula is C22H25BrN2O4S. The van der Waals surface area contributed by atoms with Crippen LogP contribution in [0.4, 0.5) is 11.4 Å². The van der Waals surface area contributed by atoms with E-state index >= 15 is 0 Å². The Morgan fingerprint density at radius 3 is 2.60 bits per heavy atom. The molecule has 0 saturated heterocycles. The van der Waals surface area contributed by atoms with Gasteiger partial charge >= 0.3 is 0 Å². The first-order valence-corrected chi connectivity index (χ1v) is 12.4. The summed E-state index contributed by atoms with van der Waals surface area (Å²) in [6.45, 7) is 4.22. The number of fused-ring (bicyclic) bond motifs is 1. The second kappa shape index (κ2) is 9.31. The number of hydrogen-bond acceptors (Lipinski definition) is 4. The van der Waals surface area contributed by atoms with Gasteiger partial charge in [-0.3, -0.25) is 9.59 Å². The lowest BCUT2D eigenvalue weighted by atomic mass is 10.1. The smallest absolute Gasteiger partial charge is 0.226 e. The molecule has 0 bridgehead atoms. The number of para-hydroxylation sites is 1. The minimum atomic E-state index is -3.77. The predicted octanol–water partition coefficient (Wildman–Crippen LogP) is 4.11. The average molecular weight is 493 g/mol. The van der Waals surface area contributed by atoms with Gasteiger partial charge < -0.3 is 10.2 Å². The molecule has 0 aliphatic carbocycles.